The third kappa shape index (κ3) is 3.49. The third-order valence-corrected chi connectivity index (χ3v) is 2.31. The normalized spacial score (nSPS) is 23.5. The van der Waals surface area contributed by atoms with Gasteiger partial charge < -0.3 is 9.64 Å². The number of carbonyl (C=O) groups excluding carboxylic acids is 1. The molecule has 1 saturated heterocycles. The molecule has 74 valence electrons. The lowest BCUT2D eigenvalue weighted by atomic mass is 10.0. The van der Waals surface area contributed by atoms with Gasteiger partial charge in [-0.1, -0.05) is 6.92 Å². The maximum atomic E-state index is 10.8. The van der Waals surface area contributed by atoms with Crippen LogP contribution in [0.25, 0.3) is 0 Å². The van der Waals surface area contributed by atoms with E-state index in [4.69, 9.17) is 0 Å². The van der Waals surface area contributed by atoms with Gasteiger partial charge in [0.05, 0.1) is 7.11 Å². The summed E-state index contributed by atoms with van der Waals surface area (Å²) in [4.78, 5) is 13.0. The van der Waals surface area contributed by atoms with Crippen molar-refractivity contribution in [3.63, 3.8) is 0 Å². The molecule has 1 heterocycles. The quantitative estimate of drug-likeness (QED) is 0.479. The topological polar surface area (TPSA) is 29.5 Å². The Kier molecular flexibility index (Phi) is 3.80. The lowest BCUT2D eigenvalue weighted by Crippen LogP contribution is -2.30. The van der Waals surface area contributed by atoms with Crippen LogP contribution >= 0.6 is 0 Å². The molecule has 0 aromatic rings. The molecular formula is C10H17NO2. The Bertz CT molecular complexity index is 201. The molecule has 1 fully saturated rings. The van der Waals surface area contributed by atoms with Gasteiger partial charge in [-0.2, -0.15) is 0 Å². The third-order valence-electron chi connectivity index (χ3n) is 2.31. The number of esters is 1. The average Bonchev–Trinajstić information content (AvgIpc) is 2.14. The minimum absolute atomic E-state index is 0.279. The van der Waals surface area contributed by atoms with E-state index in [2.05, 4.69) is 16.6 Å². The zero-order chi connectivity index (χ0) is 9.68. The summed E-state index contributed by atoms with van der Waals surface area (Å²) in [6, 6.07) is 0. The second-order valence-corrected chi connectivity index (χ2v) is 3.58. The highest BCUT2D eigenvalue weighted by Gasteiger charge is 2.12. The maximum Gasteiger partial charge on any atom is 0.331 e. The molecule has 0 saturated carbocycles. The van der Waals surface area contributed by atoms with Crippen LogP contribution in [0.1, 0.15) is 19.8 Å². The standard InChI is InChI=1S/C10H17NO2/c1-9-4-3-6-11(8-9)7-5-10(12)13-2/h5,7,9H,3-4,6,8H2,1-2H3. The molecule has 0 aliphatic carbocycles. The first-order valence-electron chi connectivity index (χ1n) is 4.72. The lowest BCUT2D eigenvalue weighted by Gasteiger charge is -2.29. The van der Waals surface area contributed by atoms with Crippen molar-refractivity contribution in [2.24, 2.45) is 5.92 Å². The molecule has 1 unspecified atom stereocenters. The smallest absolute Gasteiger partial charge is 0.331 e. The first-order chi connectivity index (χ1) is 6.22. The van der Waals surface area contributed by atoms with Crippen molar-refractivity contribution >= 4 is 5.97 Å². The molecule has 3 heteroatoms. The zero-order valence-corrected chi connectivity index (χ0v) is 8.32. The van der Waals surface area contributed by atoms with Crippen molar-refractivity contribution in [1.29, 1.82) is 0 Å². The maximum absolute atomic E-state index is 10.8. The van der Waals surface area contributed by atoms with Gasteiger partial charge in [-0.05, 0) is 18.8 Å². The fourth-order valence-electron chi connectivity index (χ4n) is 1.60. The number of nitrogens with zero attached hydrogens (tertiary/aromatic N) is 1. The molecule has 0 aromatic carbocycles. The van der Waals surface area contributed by atoms with Crippen molar-refractivity contribution in [3.8, 4) is 0 Å². The number of hydrogen-bond donors (Lipinski definition) is 0. The monoisotopic (exact) mass is 183 g/mol. The Balaban J connectivity index is 2.35. The molecule has 0 bridgehead atoms. The van der Waals surface area contributed by atoms with Gasteiger partial charge in [-0.15, -0.1) is 0 Å². The number of carbonyl (C=O) groups is 1. The van der Waals surface area contributed by atoms with Crippen molar-refractivity contribution in [2.75, 3.05) is 20.2 Å². The van der Waals surface area contributed by atoms with Crippen LogP contribution in [-0.4, -0.2) is 31.1 Å². The molecule has 1 atom stereocenters. The zero-order valence-electron chi connectivity index (χ0n) is 8.32. The average molecular weight is 183 g/mol. The van der Waals surface area contributed by atoms with Gasteiger partial charge in [0, 0.05) is 25.4 Å². The number of rotatable bonds is 2. The van der Waals surface area contributed by atoms with Crippen LogP contribution in [0, 0.1) is 5.92 Å². The minimum Gasteiger partial charge on any atom is -0.466 e. The summed E-state index contributed by atoms with van der Waals surface area (Å²) in [7, 11) is 1.39. The van der Waals surface area contributed by atoms with E-state index in [1.807, 2.05) is 6.20 Å². The van der Waals surface area contributed by atoms with Gasteiger partial charge in [0.2, 0.25) is 0 Å². The van der Waals surface area contributed by atoms with Gasteiger partial charge in [-0.3, -0.25) is 0 Å². The van der Waals surface area contributed by atoms with E-state index >= 15 is 0 Å². The van der Waals surface area contributed by atoms with Crippen LogP contribution in [-0.2, 0) is 9.53 Å². The van der Waals surface area contributed by atoms with Gasteiger partial charge in [0.15, 0.2) is 0 Å². The number of piperidine rings is 1. The highest BCUT2D eigenvalue weighted by Crippen LogP contribution is 2.15. The second kappa shape index (κ2) is 4.90. The molecular weight excluding hydrogens is 166 g/mol. The highest BCUT2D eigenvalue weighted by atomic mass is 16.5. The molecule has 0 amide bonds. The molecule has 1 rings (SSSR count). The molecule has 0 aromatic heterocycles. The number of methoxy groups -OCH3 is 1. The van der Waals surface area contributed by atoms with E-state index < -0.39 is 0 Å². The molecule has 0 N–H and O–H groups in total. The Morgan fingerprint density at radius 2 is 2.38 bits per heavy atom. The van der Waals surface area contributed by atoms with Crippen molar-refractivity contribution in [1.82, 2.24) is 4.90 Å². The Hall–Kier alpha value is -0.990. The van der Waals surface area contributed by atoms with Crippen LogP contribution in [0.2, 0.25) is 0 Å². The summed E-state index contributed by atoms with van der Waals surface area (Å²) in [6.07, 6.45) is 5.83. The van der Waals surface area contributed by atoms with E-state index in [0.717, 1.165) is 19.0 Å². The highest BCUT2D eigenvalue weighted by molar-refractivity contribution is 5.81. The van der Waals surface area contributed by atoms with Crippen LogP contribution < -0.4 is 0 Å². The van der Waals surface area contributed by atoms with Gasteiger partial charge >= 0.3 is 5.97 Å². The van der Waals surface area contributed by atoms with Crippen LogP contribution in [0.15, 0.2) is 12.3 Å². The first-order valence-corrected chi connectivity index (χ1v) is 4.72. The number of hydrogen-bond acceptors (Lipinski definition) is 3. The van der Waals surface area contributed by atoms with Crippen LogP contribution in [0.4, 0.5) is 0 Å². The fraction of sp³-hybridized carbons (Fsp3) is 0.700. The molecule has 0 spiro atoms. The Labute approximate surface area is 79.4 Å². The number of ether oxygens (including phenoxy) is 1. The minimum atomic E-state index is -0.279. The molecule has 0 radical (unpaired) electrons. The van der Waals surface area contributed by atoms with Gasteiger partial charge in [-0.25, -0.2) is 4.79 Å². The molecule has 1 aliphatic heterocycles. The summed E-state index contributed by atoms with van der Waals surface area (Å²) >= 11 is 0. The van der Waals surface area contributed by atoms with E-state index in [1.54, 1.807) is 0 Å². The predicted molar refractivity (Wildman–Crippen MR) is 51.1 cm³/mol. The van der Waals surface area contributed by atoms with Crippen LogP contribution in [0.3, 0.4) is 0 Å². The fourth-order valence-corrected chi connectivity index (χ4v) is 1.60. The summed E-state index contributed by atoms with van der Waals surface area (Å²) in [5.74, 6) is 0.453. The second-order valence-electron chi connectivity index (χ2n) is 3.58. The number of likely N-dealkylation sites (tertiary alicyclic amines) is 1. The van der Waals surface area contributed by atoms with E-state index in [-0.39, 0.29) is 5.97 Å². The SMILES string of the molecule is COC(=O)C=CN1CCCC(C)C1. The van der Waals surface area contributed by atoms with E-state index in [1.165, 1.54) is 26.0 Å². The summed E-state index contributed by atoms with van der Waals surface area (Å²) in [5, 5.41) is 0. The Morgan fingerprint density at radius 3 is 3.00 bits per heavy atom. The van der Waals surface area contributed by atoms with Gasteiger partial charge in [0.1, 0.15) is 0 Å². The predicted octanol–water partition coefficient (Wildman–Crippen LogP) is 1.41. The molecule has 3 nitrogen and oxygen atoms in total. The van der Waals surface area contributed by atoms with E-state index in [0.29, 0.717) is 0 Å². The lowest BCUT2D eigenvalue weighted by molar-refractivity contribution is -0.134. The molecule has 1 aliphatic rings. The van der Waals surface area contributed by atoms with Crippen molar-refractivity contribution < 1.29 is 9.53 Å². The van der Waals surface area contributed by atoms with Crippen LogP contribution in [0.5, 0.6) is 0 Å². The van der Waals surface area contributed by atoms with Gasteiger partial charge in [0.25, 0.3) is 0 Å². The van der Waals surface area contributed by atoms with Crippen molar-refractivity contribution in [2.45, 2.75) is 19.8 Å². The molecule has 13 heavy (non-hydrogen) atoms. The largest absolute Gasteiger partial charge is 0.466 e. The first kappa shape index (κ1) is 10.1. The summed E-state index contributed by atoms with van der Waals surface area (Å²) < 4.78 is 4.52. The summed E-state index contributed by atoms with van der Waals surface area (Å²) in [6.45, 7) is 4.34. The Morgan fingerprint density at radius 1 is 1.62 bits per heavy atom. The van der Waals surface area contributed by atoms with E-state index in [9.17, 15) is 4.79 Å². The summed E-state index contributed by atoms with van der Waals surface area (Å²) in [5.41, 5.74) is 0. The van der Waals surface area contributed by atoms with Crippen molar-refractivity contribution in [3.05, 3.63) is 12.3 Å².